The average Bonchev–Trinajstić information content (AvgIpc) is 2.92. The molecule has 0 heterocycles. The van der Waals surface area contributed by atoms with Gasteiger partial charge in [0.05, 0.1) is 0 Å². The Morgan fingerprint density at radius 1 is 0.636 bits per heavy atom. The van der Waals surface area contributed by atoms with Crippen molar-refractivity contribution in [2.24, 2.45) is 34.5 Å². The van der Waals surface area contributed by atoms with Crippen LogP contribution in [-0.2, 0) is 14.4 Å². The summed E-state index contributed by atoms with van der Waals surface area (Å²) in [7, 11) is 0. The van der Waals surface area contributed by atoms with E-state index in [1.165, 1.54) is 0 Å². The lowest BCUT2D eigenvalue weighted by Crippen LogP contribution is -2.45. The molecule has 0 amide bonds. The molecular formula is C40H54O4. The molecule has 0 aromatic carbocycles. The number of carbonyl (C=O) groups excluding carboxylic acids is 3. The maximum Gasteiger partial charge on any atom is 0.201 e. The molecule has 0 aliphatic heterocycles. The summed E-state index contributed by atoms with van der Waals surface area (Å²) in [6.07, 6.45) is 28.8. The van der Waals surface area contributed by atoms with Crippen LogP contribution < -0.4 is 0 Å². The summed E-state index contributed by atoms with van der Waals surface area (Å²) in [4.78, 5) is 36.5. The van der Waals surface area contributed by atoms with E-state index in [9.17, 15) is 19.5 Å². The lowest BCUT2D eigenvalue weighted by Gasteiger charge is -2.42. The molecule has 4 heteroatoms. The molecule has 0 aromatic rings. The fourth-order valence-electron chi connectivity index (χ4n) is 6.31. The minimum atomic E-state index is -0.849. The molecule has 1 N–H and O–H groups in total. The topological polar surface area (TPSA) is 71.4 Å². The summed E-state index contributed by atoms with van der Waals surface area (Å²) in [5.41, 5.74) is 4.10. The van der Waals surface area contributed by atoms with E-state index >= 15 is 0 Å². The fourth-order valence-corrected chi connectivity index (χ4v) is 6.31. The van der Waals surface area contributed by atoms with Crippen LogP contribution in [-0.4, -0.2) is 28.6 Å². The fraction of sp³-hybridized carbons (Fsp3) is 0.475. The quantitative estimate of drug-likeness (QED) is 0.201. The van der Waals surface area contributed by atoms with Crippen molar-refractivity contribution in [2.75, 3.05) is 0 Å². The zero-order valence-electron chi connectivity index (χ0n) is 28.6. The molecule has 0 aromatic heterocycles. The SMILES string of the molecule is C\C(C=CC1C(C)C(=O)C(=O)CC1(C)C)=C/C=C/C(C)=C/C=C/C=C(C)/C=C/C=C(\C)C=CC1C(C)C(=O)[C@@H](O)CC1(C)C. The van der Waals surface area contributed by atoms with Gasteiger partial charge in [-0.2, -0.15) is 0 Å². The molecule has 2 aliphatic rings. The maximum atomic E-state index is 12.3. The number of allylic oxidation sites excluding steroid dienone is 18. The predicted octanol–water partition coefficient (Wildman–Crippen LogP) is 8.99. The Bertz CT molecular complexity index is 1350. The molecule has 4 unspecified atom stereocenters. The van der Waals surface area contributed by atoms with Crippen LogP contribution >= 0.6 is 0 Å². The third kappa shape index (κ3) is 10.7. The van der Waals surface area contributed by atoms with E-state index in [1.54, 1.807) is 0 Å². The molecule has 0 spiro atoms. The molecule has 2 rings (SSSR count). The lowest BCUT2D eigenvalue weighted by atomic mass is 9.62. The van der Waals surface area contributed by atoms with E-state index in [1.807, 2.05) is 58.1 Å². The van der Waals surface area contributed by atoms with Crippen LogP contribution in [0, 0.1) is 34.5 Å². The van der Waals surface area contributed by atoms with Crippen LogP contribution in [0.3, 0.4) is 0 Å². The summed E-state index contributed by atoms with van der Waals surface area (Å²) in [5.74, 6) is -0.873. The number of aliphatic hydroxyl groups excluding tert-OH is 1. The van der Waals surface area contributed by atoms with Crippen molar-refractivity contribution >= 4 is 17.3 Å². The predicted molar refractivity (Wildman–Crippen MR) is 184 cm³/mol. The third-order valence-corrected chi connectivity index (χ3v) is 9.08. The van der Waals surface area contributed by atoms with E-state index in [2.05, 4.69) is 96.2 Å². The minimum Gasteiger partial charge on any atom is -0.385 e. The second-order valence-electron chi connectivity index (χ2n) is 14.2. The van der Waals surface area contributed by atoms with Gasteiger partial charge in [0.15, 0.2) is 11.6 Å². The number of hydrogen-bond acceptors (Lipinski definition) is 4. The molecule has 238 valence electrons. The van der Waals surface area contributed by atoms with Gasteiger partial charge in [0, 0.05) is 18.3 Å². The number of ketones is 3. The normalized spacial score (nSPS) is 29.4. The first kappa shape index (κ1) is 36.8. The van der Waals surface area contributed by atoms with Crippen molar-refractivity contribution in [3.05, 3.63) is 107 Å². The number of hydrogen-bond donors (Lipinski definition) is 1. The molecule has 0 saturated heterocycles. The van der Waals surface area contributed by atoms with E-state index in [0.717, 1.165) is 22.3 Å². The van der Waals surface area contributed by atoms with Gasteiger partial charge in [0.2, 0.25) is 5.78 Å². The number of Topliss-reactive ketones (excluding diaryl/α,β-unsaturated/α-hetero) is 3. The Kier molecular flexibility index (Phi) is 13.5. The summed E-state index contributed by atoms with van der Waals surface area (Å²) in [6, 6.07) is 0. The molecule has 4 nitrogen and oxygen atoms in total. The largest absolute Gasteiger partial charge is 0.385 e. The van der Waals surface area contributed by atoms with E-state index in [4.69, 9.17) is 0 Å². The molecule has 44 heavy (non-hydrogen) atoms. The Morgan fingerprint density at radius 2 is 1.05 bits per heavy atom. The number of carbonyl (C=O) groups is 3. The summed E-state index contributed by atoms with van der Waals surface area (Å²) >= 11 is 0. The average molecular weight is 599 g/mol. The molecule has 0 bridgehead atoms. The van der Waals surface area contributed by atoms with Crippen LogP contribution in [0.1, 0.15) is 82.1 Å². The minimum absolute atomic E-state index is 0.0440. The lowest BCUT2D eigenvalue weighted by molar-refractivity contribution is -0.145. The van der Waals surface area contributed by atoms with Gasteiger partial charge in [-0.05, 0) is 56.8 Å². The van der Waals surface area contributed by atoms with Crippen LogP contribution in [0.2, 0.25) is 0 Å². The van der Waals surface area contributed by atoms with Crippen molar-refractivity contribution in [2.45, 2.75) is 88.2 Å². The van der Waals surface area contributed by atoms with Gasteiger partial charge < -0.3 is 5.11 Å². The molecule has 2 saturated carbocycles. The number of rotatable bonds is 10. The van der Waals surface area contributed by atoms with Gasteiger partial charge >= 0.3 is 0 Å². The van der Waals surface area contributed by atoms with Gasteiger partial charge in [0.25, 0.3) is 0 Å². The van der Waals surface area contributed by atoms with Crippen molar-refractivity contribution in [1.29, 1.82) is 0 Å². The van der Waals surface area contributed by atoms with Crippen molar-refractivity contribution in [3.63, 3.8) is 0 Å². The zero-order valence-corrected chi connectivity index (χ0v) is 28.6. The van der Waals surface area contributed by atoms with Gasteiger partial charge in [0.1, 0.15) is 6.10 Å². The van der Waals surface area contributed by atoms with Crippen LogP contribution in [0.25, 0.3) is 0 Å². The van der Waals surface area contributed by atoms with E-state index in [0.29, 0.717) is 12.8 Å². The van der Waals surface area contributed by atoms with Crippen molar-refractivity contribution in [3.8, 4) is 0 Å². The first-order valence-electron chi connectivity index (χ1n) is 15.8. The Labute approximate surface area is 266 Å². The second-order valence-corrected chi connectivity index (χ2v) is 14.2. The van der Waals surface area contributed by atoms with Gasteiger partial charge in [-0.1, -0.05) is 149 Å². The second kappa shape index (κ2) is 16.1. The highest BCUT2D eigenvalue weighted by Crippen LogP contribution is 2.44. The Balaban J connectivity index is 1.90. The molecule has 2 aliphatic carbocycles. The van der Waals surface area contributed by atoms with Crippen LogP contribution in [0.4, 0.5) is 0 Å². The van der Waals surface area contributed by atoms with Crippen molar-refractivity contribution < 1.29 is 19.5 Å². The van der Waals surface area contributed by atoms with E-state index < -0.39 is 6.10 Å². The van der Waals surface area contributed by atoms with Crippen LogP contribution in [0.5, 0.6) is 0 Å². The maximum absolute atomic E-state index is 12.3. The monoisotopic (exact) mass is 598 g/mol. The molecule has 5 atom stereocenters. The van der Waals surface area contributed by atoms with Gasteiger partial charge in [-0.3, -0.25) is 14.4 Å². The van der Waals surface area contributed by atoms with Gasteiger partial charge in [-0.15, -0.1) is 0 Å². The highest BCUT2D eigenvalue weighted by atomic mass is 16.3. The summed E-state index contributed by atoms with van der Waals surface area (Å²) < 4.78 is 0. The zero-order chi connectivity index (χ0) is 33.2. The van der Waals surface area contributed by atoms with E-state index in [-0.39, 0.29) is 51.9 Å². The standard InChI is InChI=1S/C40H54O4/c1-27(17-13-19-29(3)21-23-33-31(5)37(43)35(41)25-39(33,7)8)15-11-12-16-28(2)18-14-20-30(4)22-24-34-32(6)38(44)36(42)26-40(34,9)10/h11-24,31-35,41H,25-26H2,1-10H3/b12-11+,17-13+,18-14+,23-21?,24-22?,27-15+,28-16+,29-19+,30-20+/t31?,32?,33?,34?,35-/m0/s1. The van der Waals surface area contributed by atoms with Crippen molar-refractivity contribution in [1.82, 2.24) is 0 Å². The number of aliphatic hydroxyl groups is 1. The highest BCUT2D eigenvalue weighted by Gasteiger charge is 2.45. The first-order chi connectivity index (χ1) is 20.5. The molecular weight excluding hydrogens is 544 g/mol. The van der Waals surface area contributed by atoms with Crippen LogP contribution in [0.15, 0.2) is 107 Å². The summed E-state index contributed by atoms with van der Waals surface area (Å²) in [5, 5.41) is 10.1. The third-order valence-electron chi connectivity index (χ3n) is 9.08. The van der Waals surface area contributed by atoms with Gasteiger partial charge in [-0.25, -0.2) is 0 Å². The smallest absolute Gasteiger partial charge is 0.201 e. The first-order valence-corrected chi connectivity index (χ1v) is 15.8. The highest BCUT2D eigenvalue weighted by molar-refractivity contribution is 6.38. The Morgan fingerprint density at radius 3 is 1.52 bits per heavy atom. The molecule has 0 radical (unpaired) electrons. The Hall–Kier alpha value is -3.37. The summed E-state index contributed by atoms with van der Waals surface area (Å²) in [6.45, 7) is 20.3. The molecule has 2 fully saturated rings.